The number of rotatable bonds is 6. The number of aromatic nitrogens is 2. The fourth-order valence-electron chi connectivity index (χ4n) is 5.49. The molecule has 3 aliphatic rings. The summed E-state index contributed by atoms with van der Waals surface area (Å²) in [5.41, 5.74) is 2.23. The van der Waals surface area contributed by atoms with E-state index in [1.165, 1.54) is 6.07 Å². The second-order valence-electron chi connectivity index (χ2n) is 9.41. The Balaban J connectivity index is 1.05. The molecule has 1 aromatic carbocycles. The number of ether oxygens (including phenoxy) is 1. The zero-order valence-electron chi connectivity index (χ0n) is 18.7. The highest BCUT2D eigenvalue weighted by Crippen LogP contribution is 2.36. The molecule has 3 aromatic rings. The number of hydrogen-bond acceptors (Lipinski definition) is 6. The molecular weight excluding hydrogens is 437 g/mol. The number of carbonyl (C=O) groups is 1. The Bertz CT molecular complexity index is 1340. The Kier molecular flexibility index (Phi) is 5.30. The van der Waals surface area contributed by atoms with Gasteiger partial charge in [-0.05, 0) is 61.1 Å². The highest BCUT2D eigenvalue weighted by Gasteiger charge is 2.32. The van der Waals surface area contributed by atoms with E-state index in [0.29, 0.717) is 36.1 Å². The first-order valence-corrected chi connectivity index (χ1v) is 11.7. The molecule has 176 valence electrons. The number of amides is 1. The van der Waals surface area contributed by atoms with Crippen molar-refractivity contribution in [1.29, 1.82) is 0 Å². The molecule has 5 heterocycles. The summed E-state index contributed by atoms with van der Waals surface area (Å²) < 4.78 is 21.8. The normalized spacial score (nSPS) is 21.5. The van der Waals surface area contributed by atoms with Crippen LogP contribution in [-0.4, -0.2) is 53.1 Å². The molecule has 1 saturated heterocycles. The van der Waals surface area contributed by atoms with Crippen LogP contribution in [0.3, 0.4) is 0 Å². The number of benzene rings is 1. The maximum absolute atomic E-state index is 14.8. The van der Waals surface area contributed by atoms with Crippen LogP contribution in [0.25, 0.3) is 10.9 Å². The fraction of sp³-hybridized carbons (Fsp3) is 0.400. The van der Waals surface area contributed by atoms with Crippen molar-refractivity contribution >= 4 is 22.6 Å². The maximum Gasteiger partial charge on any atom is 0.263 e. The van der Waals surface area contributed by atoms with Crippen LogP contribution in [0.1, 0.15) is 23.6 Å². The van der Waals surface area contributed by atoms with E-state index >= 15 is 0 Å². The first kappa shape index (κ1) is 21.2. The molecule has 3 aliphatic heterocycles. The zero-order valence-corrected chi connectivity index (χ0v) is 18.7. The minimum Gasteiger partial charge on any atom is -0.480 e. The Labute approximate surface area is 195 Å². The summed E-state index contributed by atoms with van der Waals surface area (Å²) >= 11 is 0. The summed E-state index contributed by atoms with van der Waals surface area (Å²) in [6.45, 7) is 4.67. The fourth-order valence-corrected chi connectivity index (χ4v) is 5.49. The molecule has 2 N–H and O–H groups in total. The number of anilines is 1. The Morgan fingerprint density at radius 1 is 1.15 bits per heavy atom. The lowest BCUT2D eigenvalue weighted by Crippen LogP contribution is -2.30. The summed E-state index contributed by atoms with van der Waals surface area (Å²) in [7, 11) is 0. The van der Waals surface area contributed by atoms with E-state index < -0.39 is 0 Å². The number of halogens is 1. The van der Waals surface area contributed by atoms with Gasteiger partial charge in [0.1, 0.15) is 5.82 Å². The summed E-state index contributed by atoms with van der Waals surface area (Å²) in [5.74, 6) is 1.14. The van der Waals surface area contributed by atoms with Gasteiger partial charge < -0.3 is 24.8 Å². The van der Waals surface area contributed by atoms with Gasteiger partial charge in [0, 0.05) is 43.7 Å². The molecule has 8 nitrogen and oxygen atoms in total. The highest BCUT2D eigenvalue weighted by atomic mass is 19.1. The van der Waals surface area contributed by atoms with E-state index in [-0.39, 0.29) is 29.8 Å². The van der Waals surface area contributed by atoms with Crippen LogP contribution in [0.5, 0.6) is 5.75 Å². The topological polar surface area (TPSA) is 88.5 Å². The predicted molar refractivity (Wildman–Crippen MR) is 126 cm³/mol. The largest absolute Gasteiger partial charge is 0.480 e. The molecule has 2 atom stereocenters. The standard InChI is InChI=1S/C25H26FN5O3/c26-19-4-1-16-2-6-22(33)31-13-17(23(19)24(16)31)12-30-8-7-15(11-30)9-27-10-18-3-5-20-25(28-18)29-21(32)14-34-20/h1-6,15,17,27H,7-14H2,(H,28,29,32). The van der Waals surface area contributed by atoms with Crippen LogP contribution >= 0.6 is 0 Å². The number of fused-ring (bicyclic) bond motifs is 1. The average molecular weight is 464 g/mol. The molecule has 1 amide bonds. The van der Waals surface area contributed by atoms with Crippen LogP contribution in [-0.2, 0) is 17.9 Å². The van der Waals surface area contributed by atoms with Gasteiger partial charge in [0.25, 0.3) is 11.5 Å². The molecule has 34 heavy (non-hydrogen) atoms. The number of carbonyl (C=O) groups excluding carboxylic acids is 1. The molecule has 0 radical (unpaired) electrons. The molecule has 2 aromatic heterocycles. The van der Waals surface area contributed by atoms with E-state index in [1.807, 2.05) is 12.1 Å². The Morgan fingerprint density at radius 3 is 2.94 bits per heavy atom. The van der Waals surface area contributed by atoms with Gasteiger partial charge in [-0.15, -0.1) is 0 Å². The molecule has 9 heteroatoms. The third kappa shape index (κ3) is 3.84. The maximum atomic E-state index is 14.8. The number of nitrogens with zero attached hydrogens (tertiary/aromatic N) is 3. The van der Waals surface area contributed by atoms with E-state index in [1.54, 1.807) is 22.8 Å². The van der Waals surface area contributed by atoms with E-state index in [2.05, 4.69) is 20.5 Å². The monoisotopic (exact) mass is 463 g/mol. The lowest BCUT2D eigenvalue weighted by molar-refractivity contribution is -0.118. The van der Waals surface area contributed by atoms with Crippen molar-refractivity contribution in [2.24, 2.45) is 5.92 Å². The third-order valence-corrected chi connectivity index (χ3v) is 7.07. The van der Waals surface area contributed by atoms with Gasteiger partial charge in [0.05, 0.1) is 11.2 Å². The highest BCUT2D eigenvalue weighted by molar-refractivity contribution is 5.94. The molecule has 1 fully saturated rings. The van der Waals surface area contributed by atoms with Crippen molar-refractivity contribution in [3.63, 3.8) is 0 Å². The summed E-state index contributed by atoms with van der Waals surface area (Å²) in [4.78, 5) is 30.7. The Morgan fingerprint density at radius 2 is 2.03 bits per heavy atom. The smallest absolute Gasteiger partial charge is 0.263 e. The van der Waals surface area contributed by atoms with Gasteiger partial charge in [-0.1, -0.05) is 0 Å². The van der Waals surface area contributed by atoms with Gasteiger partial charge in [-0.3, -0.25) is 9.59 Å². The Hall–Kier alpha value is -3.30. The molecule has 0 bridgehead atoms. The molecule has 0 spiro atoms. The van der Waals surface area contributed by atoms with E-state index in [0.717, 1.165) is 49.2 Å². The van der Waals surface area contributed by atoms with Crippen LogP contribution in [0.2, 0.25) is 0 Å². The summed E-state index contributed by atoms with van der Waals surface area (Å²) in [6, 6.07) is 10.4. The van der Waals surface area contributed by atoms with Gasteiger partial charge in [-0.25, -0.2) is 9.37 Å². The quantitative estimate of drug-likeness (QED) is 0.582. The van der Waals surface area contributed by atoms with Crippen molar-refractivity contribution in [3.8, 4) is 5.75 Å². The van der Waals surface area contributed by atoms with Crippen molar-refractivity contribution < 1.29 is 13.9 Å². The number of hydrogen-bond donors (Lipinski definition) is 2. The number of pyridine rings is 2. The van der Waals surface area contributed by atoms with Crippen molar-refractivity contribution in [1.82, 2.24) is 19.8 Å². The first-order valence-electron chi connectivity index (χ1n) is 11.7. The SMILES string of the molecule is O=C1COc2ccc(CNCC3CCN(CC4Cn5c(=O)ccc6ccc(F)c4c65)C3)nc2N1. The molecule has 2 unspecified atom stereocenters. The molecule has 0 saturated carbocycles. The second-order valence-corrected chi connectivity index (χ2v) is 9.41. The summed E-state index contributed by atoms with van der Waals surface area (Å²) in [5, 5.41) is 7.13. The van der Waals surface area contributed by atoms with Gasteiger partial charge >= 0.3 is 0 Å². The van der Waals surface area contributed by atoms with Gasteiger partial charge in [0.2, 0.25) is 0 Å². The third-order valence-electron chi connectivity index (χ3n) is 7.07. The van der Waals surface area contributed by atoms with E-state index in [4.69, 9.17) is 4.74 Å². The average Bonchev–Trinajstić information content (AvgIpc) is 3.44. The number of nitrogens with one attached hydrogen (secondary N) is 2. The minimum absolute atomic E-state index is 0.0115. The second kappa shape index (κ2) is 8.48. The summed E-state index contributed by atoms with van der Waals surface area (Å²) in [6.07, 6.45) is 1.07. The molecular formula is C25H26FN5O3. The minimum atomic E-state index is -0.217. The van der Waals surface area contributed by atoms with Crippen LogP contribution in [0.4, 0.5) is 10.2 Å². The first-order chi connectivity index (χ1) is 16.5. The lowest BCUT2D eigenvalue weighted by Gasteiger charge is -2.21. The molecule has 0 aliphatic carbocycles. The van der Waals surface area contributed by atoms with Crippen molar-refractivity contribution in [3.05, 3.63) is 63.8 Å². The predicted octanol–water partition coefficient (Wildman–Crippen LogP) is 2.08. The van der Waals surface area contributed by atoms with Crippen molar-refractivity contribution in [2.75, 3.05) is 38.1 Å². The van der Waals surface area contributed by atoms with Crippen LogP contribution in [0.15, 0.2) is 41.2 Å². The molecule has 6 rings (SSSR count). The van der Waals surface area contributed by atoms with Crippen LogP contribution in [0, 0.1) is 11.7 Å². The van der Waals surface area contributed by atoms with Gasteiger partial charge in [-0.2, -0.15) is 0 Å². The zero-order chi connectivity index (χ0) is 23.2. The van der Waals surface area contributed by atoms with Crippen LogP contribution < -0.4 is 20.9 Å². The number of likely N-dealkylation sites (tertiary alicyclic amines) is 1. The lowest BCUT2D eigenvalue weighted by atomic mass is 9.98. The van der Waals surface area contributed by atoms with Crippen molar-refractivity contribution in [2.45, 2.75) is 25.4 Å². The van der Waals surface area contributed by atoms with E-state index in [9.17, 15) is 14.0 Å². The van der Waals surface area contributed by atoms with Gasteiger partial charge in [0.15, 0.2) is 18.2 Å².